The number of carboxylic acids is 1. The van der Waals surface area contributed by atoms with Crippen LogP contribution in [0.5, 0.6) is 0 Å². The molecule has 0 bridgehead atoms. The third-order valence-corrected chi connectivity index (χ3v) is 3.74. The van der Waals surface area contributed by atoms with Crippen LogP contribution in [-0.4, -0.2) is 53.7 Å². The van der Waals surface area contributed by atoms with E-state index in [2.05, 4.69) is 4.98 Å². The molecule has 1 aromatic heterocycles. The number of pyridine rings is 1. The average Bonchev–Trinajstić information content (AvgIpc) is 2.47. The second-order valence-electron chi connectivity index (χ2n) is 6.66. The molecule has 2 heterocycles. The van der Waals surface area contributed by atoms with Crippen LogP contribution < -0.4 is 10.0 Å². The summed E-state index contributed by atoms with van der Waals surface area (Å²) in [7, 11) is 0. The molecule has 0 aliphatic carbocycles. The van der Waals surface area contributed by atoms with Crippen molar-refractivity contribution in [3.63, 3.8) is 0 Å². The van der Waals surface area contributed by atoms with Gasteiger partial charge >= 0.3 is 6.09 Å². The van der Waals surface area contributed by atoms with Gasteiger partial charge in [0.25, 0.3) is 0 Å². The normalized spacial score (nSPS) is 17.6. The highest BCUT2D eigenvalue weighted by Gasteiger charge is 2.32. The first-order valence-electron chi connectivity index (χ1n) is 7.71. The van der Waals surface area contributed by atoms with Crippen molar-refractivity contribution in [3.8, 4) is 0 Å². The van der Waals surface area contributed by atoms with Gasteiger partial charge in [-0.3, -0.25) is 9.88 Å². The molecule has 1 aliphatic rings. The Bertz CT molecular complexity index is 548. The summed E-state index contributed by atoms with van der Waals surface area (Å²) >= 11 is 0. The van der Waals surface area contributed by atoms with E-state index in [-0.39, 0.29) is 6.09 Å². The number of quaternary nitrogens is 1. The molecule has 1 aromatic rings. The highest BCUT2D eigenvalue weighted by molar-refractivity contribution is 5.71. The fourth-order valence-electron chi connectivity index (χ4n) is 2.69. The van der Waals surface area contributed by atoms with E-state index in [0.717, 1.165) is 4.90 Å². The van der Waals surface area contributed by atoms with E-state index in [1.54, 1.807) is 29.4 Å². The summed E-state index contributed by atoms with van der Waals surface area (Å²) < 4.78 is 5.35. The first-order valence-corrected chi connectivity index (χ1v) is 7.71. The van der Waals surface area contributed by atoms with Crippen LogP contribution in [0, 0.1) is 0 Å². The number of ether oxygens (including phenoxy) is 1. The Balaban J connectivity index is 2.00. The maximum Gasteiger partial charge on any atom is 0.410 e. The van der Waals surface area contributed by atoms with E-state index < -0.39 is 17.6 Å². The molecular formula is C16H23N3O4. The second-order valence-corrected chi connectivity index (χ2v) is 6.66. The lowest BCUT2D eigenvalue weighted by atomic mass is 10.1. The van der Waals surface area contributed by atoms with Gasteiger partial charge in [0, 0.05) is 18.0 Å². The highest BCUT2D eigenvalue weighted by Crippen LogP contribution is 2.11. The van der Waals surface area contributed by atoms with E-state index in [1.165, 1.54) is 0 Å². The molecule has 0 spiro atoms. The Labute approximate surface area is 135 Å². The zero-order chi connectivity index (χ0) is 17.0. The van der Waals surface area contributed by atoms with Crippen molar-refractivity contribution in [2.45, 2.75) is 32.4 Å². The van der Waals surface area contributed by atoms with Crippen molar-refractivity contribution < 1.29 is 24.3 Å². The van der Waals surface area contributed by atoms with Gasteiger partial charge in [-0.15, -0.1) is 0 Å². The summed E-state index contributed by atoms with van der Waals surface area (Å²) in [5, 5.41) is 11.5. The number of amides is 1. The summed E-state index contributed by atoms with van der Waals surface area (Å²) in [6.07, 6.45) is 2.79. The Morgan fingerprint density at radius 1 is 1.26 bits per heavy atom. The summed E-state index contributed by atoms with van der Waals surface area (Å²) in [5.41, 5.74) is 0.131. The number of hydrogen-bond acceptors (Lipinski definition) is 5. The molecule has 0 unspecified atom stereocenters. The predicted octanol–water partition coefficient (Wildman–Crippen LogP) is -0.992. The Kier molecular flexibility index (Phi) is 5.20. The summed E-state index contributed by atoms with van der Waals surface area (Å²) in [4.78, 5) is 30.0. The van der Waals surface area contributed by atoms with Crippen molar-refractivity contribution >= 4 is 12.1 Å². The second kappa shape index (κ2) is 6.95. The summed E-state index contributed by atoms with van der Waals surface area (Å²) in [5.74, 6) is -1.11. The predicted molar refractivity (Wildman–Crippen MR) is 80.5 cm³/mol. The molecule has 1 aliphatic heterocycles. The molecule has 0 aromatic carbocycles. The molecule has 7 nitrogen and oxygen atoms in total. The largest absolute Gasteiger partial charge is 0.544 e. The fraction of sp³-hybridized carbons (Fsp3) is 0.562. The van der Waals surface area contributed by atoms with Crippen LogP contribution in [0.2, 0.25) is 0 Å². The van der Waals surface area contributed by atoms with Gasteiger partial charge in [0.1, 0.15) is 11.6 Å². The number of nitrogens with one attached hydrogen (secondary N) is 1. The molecule has 23 heavy (non-hydrogen) atoms. The minimum Gasteiger partial charge on any atom is -0.544 e. The van der Waals surface area contributed by atoms with Crippen molar-refractivity contribution in [1.82, 2.24) is 9.88 Å². The van der Waals surface area contributed by atoms with Crippen LogP contribution in [0.3, 0.4) is 0 Å². The number of carboxylic acid groups (broad SMARTS) is 1. The van der Waals surface area contributed by atoms with E-state index in [4.69, 9.17) is 4.74 Å². The van der Waals surface area contributed by atoms with Gasteiger partial charge in [-0.1, -0.05) is 0 Å². The lowest BCUT2D eigenvalue weighted by molar-refractivity contribution is -0.928. The van der Waals surface area contributed by atoms with Crippen LogP contribution in [0.1, 0.15) is 32.4 Å². The average molecular weight is 321 g/mol. The SMILES string of the molecule is CC(C)(C)OC(=O)N1CC[NH+]([C@@H](C(=O)[O-])c2ccncc2)CC1. The van der Waals surface area contributed by atoms with Crippen molar-refractivity contribution in [1.29, 1.82) is 0 Å². The Morgan fingerprint density at radius 2 is 1.83 bits per heavy atom. The number of nitrogens with zero attached hydrogens (tertiary/aromatic N) is 2. The number of carbonyl (C=O) groups excluding carboxylic acids is 2. The third-order valence-electron chi connectivity index (χ3n) is 3.74. The van der Waals surface area contributed by atoms with Crippen LogP contribution in [0.4, 0.5) is 4.79 Å². The summed E-state index contributed by atoms with van der Waals surface area (Å²) in [6.45, 7) is 7.44. The quantitative estimate of drug-likeness (QED) is 0.772. The molecule has 1 amide bonds. The number of piperazine rings is 1. The number of hydrogen-bond donors (Lipinski definition) is 1. The molecule has 1 fully saturated rings. The number of aliphatic carboxylic acids is 1. The van der Waals surface area contributed by atoms with Gasteiger partial charge in [0.2, 0.25) is 0 Å². The minimum atomic E-state index is -1.11. The van der Waals surface area contributed by atoms with Crippen molar-refractivity contribution in [3.05, 3.63) is 30.1 Å². The fourth-order valence-corrected chi connectivity index (χ4v) is 2.69. The Morgan fingerprint density at radius 3 is 2.30 bits per heavy atom. The van der Waals surface area contributed by atoms with Gasteiger partial charge in [0.05, 0.1) is 26.2 Å². The minimum absolute atomic E-state index is 0.356. The smallest absolute Gasteiger partial charge is 0.410 e. The lowest BCUT2D eigenvalue weighted by Crippen LogP contribution is -3.16. The zero-order valence-corrected chi connectivity index (χ0v) is 13.7. The van der Waals surface area contributed by atoms with Gasteiger partial charge in [-0.2, -0.15) is 0 Å². The third kappa shape index (κ3) is 4.66. The van der Waals surface area contributed by atoms with Crippen molar-refractivity contribution in [2.75, 3.05) is 26.2 Å². The van der Waals surface area contributed by atoms with Crippen LogP contribution in [-0.2, 0) is 9.53 Å². The standard InChI is InChI=1S/C16H23N3O4/c1-16(2,3)23-15(22)19-10-8-18(9-11-19)13(14(20)21)12-4-6-17-7-5-12/h4-7,13H,8-11H2,1-3H3,(H,20,21)/t13-/m1/s1. The van der Waals surface area contributed by atoms with E-state index in [0.29, 0.717) is 31.7 Å². The maximum atomic E-state index is 12.1. The van der Waals surface area contributed by atoms with Crippen LogP contribution >= 0.6 is 0 Å². The number of carbonyl (C=O) groups is 2. The molecule has 1 atom stereocenters. The first kappa shape index (κ1) is 17.2. The van der Waals surface area contributed by atoms with E-state index in [1.807, 2.05) is 20.8 Å². The maximum absolute atomic E-state index is 12.1. The molecule has 0 radical (unpaired) electrons. The molecule has 1 saturated heterocycles. The van der Waals surface area contributed by atoms with E-state index in [9.17, 15) is 14.7 Å². The highest BCUT2D eigenvalue weighted by atomic mass is 16.6. The summed E-state index contributed by atoms with van der Waals surface area (Å²) in [6, 6.07) is 2.63. The molecule has 1 N–H and O–H groups in total. The number of rotatable bonds is 3. The first-order chi connectivity index (χ1) is 10.8. The molecule has 0 saturated carbocycles. The van der Waals surface area contributed by atoms with E-state index >= 15 is 0 Å². The van der Waals surface area contributed by atoms with Crippen molar-refractivity contribution in [2.24, 2.45) is 0 Å². The Hall–Kier alpha value is -2.15. The van der Waals surface area contributed by atoms with Gasteiger partial charge in [0.15, 0.2) is 6.04 Å². The lowest BCUT2D eigenvalue weighted by Gasteiger charge is -2.37. The topological polar surface area (TPSA) is 87.0 Å². The van der Waals surface area contributed by atoms with Crippen LogP contribution in [0.15, 0.2) is 24.5 Å². The molecule has 126 valence electrons. The van der Waals surface area contributed by atoms with Crippen LogP contribution in [0.25, 0.3) is 0 Å². The molecular weight excluding hydrogens is 298 g/mol. The monoisotopic (exact) mass is 321 g/mol. The molecule has 7 heteroatoms. The molecule has 2 rings (SSSR count). The van der Waals surface area contributed by atoms with Gasteiger partial charge in [-0.25, -0.2) is 4.79 Å². The number of aromatic nitrogens is 1. The zero-order valence-electron chi connectivity index (χ0n) is 13.7. The van der Waals surface area contributed by atoms with Gasteiger partial charge in [-0.05, 0) is 32.9 Å². The van der Waals surface area contributed by atoms with Gasteiger partial charge < -0.3 is 19.5 Å².